The molecule has 41 heavy (non-hydrogen) atoms. The van der Waals surface area contributed by atoms with Crippen LogP contribution in [0, 0.1) is 0 Å². The number of rotatable bonds is 9. The number of hydrogen-bond donors (Lipinski definition) is 0. The van der Waals surface area contributed by atoms with Gasteiger partial charge in [-0.2, -0.15) is 15.2 Å². The number of hydrogen-bond acceptors (Lipinski definition) is 8. The standard InChI is InChI=1S/C29H24Cl2N4O6/c1-3-40-28(38)24-18(26(36)34(32-24)22-16-10-8-14-20(22)30)12-6-5-7-13-19-25(29(39)41-4-2)33-35(27(19)37)23-17-11-9-15-21(23)31/h5-17,36H,3-4H2,1-2H3/p-1/b7-5+,12-6+,19-13-. The van der Waals surface area contributed by atoms with Crippen LogP contribution in [0.4, 0.5) is 5.69 Å². The molecule has 1 aromatic heterocycles. The van der Waals surface area contributed by atoms with Crippen LogP contribution in [0.2, 0.25) is 10.0 Å². The molecule has 1 aliphatic rings. The summed E-state index contributed by atoms with van der Waals surface area (Å²) in [4.78, 5) is 38.2. The number of esters is 2. The second-order valence-electron chi connectivity index (χ2n) is 8.21. The molecule has 210 valence electrons. The number of carbonyl (C=O) groups excluding carboxylic acids is 3. The van der Waals surface area contributed by atoms with Crippen molar-refractivity contribution in [3.8, 4) is 11.6 Å². The fraction of sp³-hybridized carbons (Fsp3) is 0.138. The Labute approximate surface area is 245 Å². The number of halogens is 2. The Kier molecular flexibility index (Phi) is 9.38. The first-order valence-corrected chi connectivity index (χ1v) is 13.2. The van der Waals surface area contributed by atoms with Gasteiger partial charge in [0.15, 0.2) is 11.4 Å². The molecule has 0 spiro atoms. The fourth-order valence-electron chi connectivity index (χ4n) is 3.77. The van der Waals surface area contributed by atoms with Crippen molar-refractivity contribution in [1.82, 2.24) is 9.78 Å². The Bertz CT molecular complexity index is 1620. The van der Waals surface area contributed by atoms with E-state index in [2.05, 4.69) is 10.2 Å². The third-order valence-corrected chi connectivity index (χ3v) is 6.24. The van der Waals surface area contributed by atoms with E-state index in [4.69, 9.17) is 32.7 Å². The molecule has 12 heteroatoms. The normalized spacial score (nSPS) is 14.3. The van der Waals surface area contributed by atoms with Gasteiger partial charge in [-0.15, -0.1) is 0 Å². The van der Waals surface area contributed by atoms with Crippen molar-refractivity contribution in [3.05, 3.63) is 99.7 Å². The summed E-state index contributed by atoms with van der Waals surface area (Å²) in [5, 5.41) is 23.0. The average Bonchev–Trinajstić information content (AvgIpc) is 3.46. The highest BCUT2D eigenvalue weighted by Gasteiger charge is 2.36. The van der Waals surface area contributed by atoms with Crippen molar-refractivity contribution in [2.45, 2.75) is 13.8 Å². The molecule has 0 unspecified atom stereocenters. The van der Waals surface area contributed by atoms with Crippen LogP contribution >= 0.6 is 23.2 Å². The highest BCUT2D eigenvalue weighted by atomic mass is 35.5. The lowest BCUT2D eigenvalue weighted by Crippen LogP contribution is -2.23. The summed E-state index contributed by atoms with van der Waals surface area (Å²) in [7, 11) is 0. The van der Waals surface area contributed by atoms with Crippen LogP contribution < -0.4 is 10.1 Å². The molecule has 4 rings (SSSR count). The summed E-state index contributed by atoms with van der Waals surface area (Å²) in [6, 6.07) is 13.2. The van der Waals surface area contributed by atoms with Crippen molar-refractivity contribution in [3.63, 3.8) is 0 Å². The van der Waals surface area contributed by atoms with Crippen LogP contribution in [-0.2, 0) is 19.1 Å². The summed E-state index contributed by atoms with van der Waals surface area (Å²) in [5.74, 6) is -2.70. The first-order valence-electron chi connectivity index (χ1n) is 12.4. The minimum atomic E-state index is -0.771. The summed E-state index contributed by atoms with van der Waals surface area (Å²) in [6.45, 7) is 3.45. The summed E-state index contributed by atoms with van der Waals surface area (Å²) in [5.41, 5.74) is 0.208. The zero-order chi connectivity index (χ0) is 29.5. The minimum Gasteiger partial charge on any atom is -0.858 e. The maximum atomic E-state index is 13.2. The van der Waals surface area contributed by atoms with E-state index in [1.54, 1.807) is 62.4 Å². The average molecular weight is 594 g/mol. The van der Waals surface area contributed by atoms with E-state index in [1.165, 1.54) is 30.4 Å². The molecule has 0 saturated carbocycles. The number of amides is 1. The maximum absolute atomic E-state index is 13.2. The van der Waals surface area contributed by atoms with E-state index in [9.17, 15) is 19.5 Å². The van der Waals surface area contributed by atoms with Gasteiger partial charge in [0.1, 0.15) is 0 Å². The van der Waals surface area contributed by atoms with Crippen molar-refractivity contribution >= 4 is 58.5 Å². The largest absolute Gasteiger partial charge is 0.858 e. The molecule has 2 aromatic carbocycles. The van der Waals surface area contributed by atoms with Gasteiger partial charge in [0.05, 0.1) is 40.2 Å². The lowest BCUT2D eigenvalue weighted by atomic mass is 10.1. The van der Waals surface area contributed by atoms with Crippen LogP contribution in [0.15, 0.2) is 83.5 Å². The number of ether oxygens (including phenoxy) is 2. The highest BCUT2D eigenvalue weighted by molar-refractivity contribution is 6.53. The van der Waals surface area contributed by atoms with Crippen LogP contribution in [0.3, 0.4) is 0 Å². The Morgan fingerprint density at radius 1 is 0.902 bits per heavy atom. The van der Waals surface area contributed by atoms with E-state index in [-0.39, 0.29) is 45.8 Å². The molecular weight excluding hydrogens is 571 g/mol. The Morgan fingerprint density at radius 3 is 2.15 bits per heavy atom. The van der Waals surface area contributed by atoms with Gasteiger partial charge in [-0.1, -0.05) is 71.8 Å². The van der Waals surface area contributed by atoms with E-state index >= 15 is 0 Å². The number of hydrazone groups is 1. The van der Waals surface area contributed by atoms with E-state index in [1.807, 2.05) is 0 Å². The second-order valence-corrected chi connectivity index (χ2v) is 9.03. The predicted octanol–water partition coefficient (Wildman–Crippen LogP) is 4.89. The zero-order valence-electron chi connectivity index (χ0n) is 21.9. The number of benzene rings is 2. The third-order valence-electron chi connectivity index (χ3n) is 5.60. The maximum Gasteiger partial charge on any atom is 0.359 e. The molecule has 0 saturated heterocycles. The van der Waals surface area contributed by atoms with Gasteiger partial charge in [0.25, 0.3) is 5.91 Å². The van der Waals surface area contributed by atoms with E-state index < -0.39 is 23.7 Å². The molecule has 1 amide bonds. The molecule has 0 fully saturated rings. The summed E-state index contributed by atoms with van der Waals surface area (Å²) >= 11 is 12.5. The van der Waals surface area contributed by atoms with Gasteiger partial charge < -0.3 is 14.6 Å². The van der Waals surface area contributed by atoms with Crippen LogP contribution in [-0.4, -0.2) is 46.6 Å². The Balaban J connectivity index is 1.65. The van der Waals surface area contributed by atoms with Gasteiger partial charge >= 0.3 is 11.9 Å². The van der Waals surface area contributed by atoms with Gasteiger partial charge in [-0.05, 0) is 50.1 Å². The molecule has 10 nitrogen and oxygen atoms in total. The molecule has 0 radical (unpaired) electrons. The highest BCUT2D eigenvalue weighted by Crippen LogP contribution is 2.31. The molecule has 2 heterocycles. The number of allylic oxidation sites excluding steroid dienone is 4. The van der Waals surface area contributed by atoms with Crippen molar-refractivity contribution in [2.75, 3.05) is 18.2 Å². The number of anilines is 1. The molecular formula is C29H23Cl2N4O6-. The van der Waals surface area contributed by atoms with Crippen LogP contribution in [0.25, 0.3) is 11.8 Å². The van der Waals surface area contributed by atoms with E-state index in [0.717, 1.165) is 9.69 Å². The zero-order valence-corrected chi connectivity index (χ0v) is 23.4. The molecule has 3 aromatic rings. The second kappa shape index (κ2) is 13.1. The number of para-hydroxylation sites is 2. The predicted molar refractivity (Wildman–Crippen MR) is 153 cm³/mol. The SMILES string of the molecule is CCOC(=O)C1=NN(c2ccccc2Cl)C(=O)\C1=C/C=C/C=C/c1c(C(=O)OCC)nn(-c2ccccc2Cl)c1[O-]. The first kappa shape index (κ1) is 29.3. The monoisotopic (exact) mass is 593 g/mol. The van der Waals surface area contributed by atoms with Crippen LogP contribution in [0.1, 0.15) is 29.9 Å². The lowest BCUT2D eigenvalue weighted by Gasteiger charge is -2.12. The third kappa shape index (κ3) is 6.24. The van der Waals surface area contributed by atoms with Crippen molar-refractivity contribution in [1.29, 1.82) is 0 Å². The first-order chi connectivity index (χ1) is 19.8. The molecule has 1 aliphatic heterocycles. The Morgan fingerprint density at radius 2 is 1.51 bits per heavy atom. The Hall–Kier alpha value is -4.67. The summed E-state index contributed by atoms with van der Waals surface area (Å²) in [6.07, 6.45) is 7.22. The molecule has 0 N–H and O–H groups in total. The molecule has 0 atom stereocenters. The smallest absolute Gasteiger partial charge is 0.359 e. The summed E-state index contributed by atoms with van der Waals surface area (Å²) < 4.78 is 11.2. The van der Waals surface area contributed by atoms with Crippen LogP contribution in [0.5, 0.6) is 5.88 Å². The number of aromatic nitrogens is 2. The molecule has 0 bridgehead atoms. The lowest BCUT2D eigenvalue weighted by molar-refractivity contribution is -0.278. The topological polar surface area (TPSA) is 126 Å². The van der Waals surface area contributed by atoms with Gasteiger partial charge in [0, 0.05) is 5.56 Å². The van der Waals surface area contributed by atoms with E-state index in [0.29, 0.717) is 11.4 Å². The molecule has 0 aliphatic carbocycles. The quantitative estimate of drug-likeness (QED) is 0.196. The van der Waals surface area contributed by atoms with Gasteiger partial charge in [-0.3, -0.25) is 4.79 Å². The number of carbonyl (C=O) groups is 3. The van der Waals surface area contributed by atoms with Gasteiger partial charge in [0.2, 0.25) is 0 Å². The van der Waals surface area contributed by atoms with Crippen molar-refractivity contribution in [2.24, 2.45) is 5.10 Å². The minimum absolute atomic E-state index is 0.0173. The van der Waals surface area contributed by atoms with Gasteiger partial charge in [-0.25, -0.2) is 14.3 Å². The number of nitrogens with zero attached hydrogens (tertiary/aromatic N) is 4. The van der Waals surface area contributed by atoms with Crippen molar-refractivity contribution < 1.29 is 29.0 Å². The fourth-order valence-corrected chi connectivity index (χ4v) is 4.20.